The summed E-state index contributed by atoms with van der Waals surface area (Å²) >= 11 is 1.67. The Kier molecular flexibility index (Phi) is 8.12. The van der Waals surface area contributed by atoms with Gasteiger partial charge in [0.2, 0.25) is 0 Å². The first-order chi connectivity index (χ1) is 16.1. The fourth-order valence-electron chi connectivity index (χ4n) is 5.55. The summed E-state index contributed by atoms with van der Waals surface area (Å²) in [5.41, 5.74) is 7.99. The molecular formula is C27H35ClN4OS. The van der Waals surface area contributed by atoms with E-state index in [-0.39, 0.29) is 18.3 Å². The quantitative estimate of drug-likeness (QED) is 0.492. The number of piperidine rings is 1. The zero-order chi connectivity index (χ0) is 22.8. The van der Waals surface area contributed by atoms with Gasteiger partial charge in [-0.15, -0.1) is 23.7 Å². The summed E-state index contributed by atoms with van der Waals surface area (Å²) in [6.45, 7) is 6.27. The number of anilines is 1. The largest absolute Gasteiger partial charge is 0.375 e. The molecule has 2 aliphatic rings. The van der Waals surface area contributed by atoms with Crippen molar-refractivity contribution in [3.63, 3.8) is 0 Å². The van der Waals surface area contributed by atoms with E-state index in [4.69, 9.17) is 5.73 Å². The molecule has 1 aliphatic carbocycles. The van der Waals surface area contributed by atoms with Crippen LogP contribution in [0.2, 0.25) is 0 Å². The highest BCUT2D eigenvalue weighted by Crippen LogP contribution is 2.31. The minimum atomic E-state index is 0. The number of nitrogen functional groups attached to an aromatic ring is 1. The lowest BCUT2D eigenvalue weighted by Crippen LogP contribution is -2.45. The number of nitrogens with two attached hydrogens (primary N) is 1. The number of carbonyl (C=O) groups excluding carboxylic acids is 1. The van der Waals surface area contributed by atoms with Crippen molar-refractivity contribution in [3.05, 3.63) is 58.6 Å². The van der Waals surface area contributed by atoms with Gasteiger partial charge in [0, 0.05) is 36.1 Å². The van der Waals surface area contributed by atoms with Gasteiger partial charge in [0.25, 0.3) is 5.91 Å². The zero-order valence-corrected chi connectivity index (χ0v) is 21.5. The minimum absolute atomic E-state index is 0. The lowest BCUT2D eigenvalue weighted by atomic mass is 9.91. The first-order valence-electron chi connectivity index (χ1n) is 12.4. The van der Waals surface area contributed by atoms with Crippen molar-refractivity contribution in [1.29, 1.82) is 0 Å². The average molecular weight is 499 g/mol. The van der Waals surface area contributed by atoms with Crippen LogP contribution in [0, 0.1) is 5.92 Å². The lowest BCUT2D eigenvalue weighted by molar-refractivity contribution is 0.0643. The van der Waals surface area contributed by atoms with E-state index in [0.717, 1.165) is 62.8 Å². The predicted octanol–water partition coefficient (Wildman–Crippen LogP) is 5.42. The number of aryl methyl sites for hydroxylation is 1. The van der Waals surface area contributed by atoms with Crippen molar-refractivity contribution in [2.75, 3.05) is 31.9 Å². The smallest absolute Gasteiger partial charge is 0.253 e. The number of amides is 1. The Labute approximate surface area is 212 Å². The first kappa shape index (κ1) is 25.0. The van der Waals surface area contributed by atoms with Crippen molar-refractivity contribution in [2.45, 2.75) is 51.5 Å². The fourth-order valence-corrected chi connectivity index (χ4v) is 6.50. The van der Waals surface area contributed by atoms with E-state index in [1.54, 1.807) is 11.3 Å². The number of hydrogen-bond donors (Lipinski definition) is 1. The molecule has 0 radical (unpaired) electrons. The van der Waals surface area contributed by atoms with Crippen LogP contribution >= 0.6 is 23.7 Å². The molecule has 1 amide bonds. The second kappa shape index (κ2) is 11.1. The Morgan fingerprint density at radius 2 is 1.91 bits per heavy atom. The van der Waals surface area contributed by atoms with Crippen molar-refractivity contribution < 1.29 is 4.79 Å². The van der Waals surface area contributed by atoms with Crippen molar-refractivity contribution in [3.8, 4) is 0 Å². The van der Waals surface area contributed by atoms with Crippen LogP contribution in [0.1, 0.15) is 53.5 Å². The van der Waals surface area contributed by atoms with Crippen LogP contribution in [0.5, 0.6) is 0 Å². The molecule has 2 N–H and O–H groups in total. The maximum Gasteiger partial charge on any atom is 0.253 e. The van der Waals surface area contributed by atoms with Gasteiger partial charge in [-0.1, -0.05) is 37.3 Å². The number of benzene rings is 2. The van der Waals surface area contributed by atoms with E-state index in [2.05, 4.69) is 39.9 Å². The molecular weight excluding hydrogens is 464 g/mol. The Morgan fingerprint density at radius 1 is 1.15 bits per heavy atom. The van der Waals surface area contributed by atoms with Crippen LogP contribution in [0.25, 0.3) is 10.8 Å². The molecule has 0 unspecified atom stereocenters. The molecule has 182 valence electrons. The summed E-state index contributed by atoms with van der Waals surface area (Å²) in [5.74, 6) is 0.831. The molecule has 1 aromatic heterocycles. The molecule has 1 fully saturated rings. The zero-order valence-electron chi connectivity index (χ0n) is 19.9. The molecule has 5 rings (SSSR count). The van der Waals surface area contributed by atoms with Crippen molar-refractivity contribution in [2.24, 2.45) is 5.92 Å². The molecule has 1 saturated heterocycles. The molecule has 34 heavy (non-hydrogen) atoms. The highest BCUT2D eigenvalue weighted by Gasteiger charge is 2.30. The van der Waals surface area contributed by atoms with Gasteiger partial charge in [-0.05, 0) is 73.9 Å². The molecule has 7 heteroatoms. The van der Waals surface area contributed by atoms with E-state index in [0.29, 0.717) is 17.1 Å². The van der Waals surface area contributed by atoms with E-state index in [9.17, 15) is 4.79 Å². The number of hydrogen-bond acceptors (Lipinski definition) is 5. The van der Waals surface area contributed by atoms with Crippen LogP contribution in [-0.4, -0.2) is 52.9 Å². The number of aromatic nitrogens is 1. The third kappa shape index (κ3) is 5.40. The predicted molar refractivity (Wildman–Crippen MR) is 144 cm³/mol. The fraction of sp³-hybridized carbons (Fsp3) is 0.481. The summed E-state index contributed by atoms with van der Waals surface area (Å²) in [6.07, 6.45) is 6.66. The van der Waals surface area contributed by atoms with Crippen LogP contribution < -0.4 is 5.73 Å². The summed E-state index contributed by atoms with van der Waals surface area (Å²) in [4.78, 5) is 23.8. The summed E-state index contributed by atoms with van der Waals surface area (Å²) in [7, 11) is 0. The summed E-state index contributed by atoms with van der Waals surface area (Å²) in [5, 5.41) is 3.03. The van der Waals surface area contributed by atoms with Crippen LogP contribution in [0.15, 0.2) is 42.5 Å². The molecule has 2 heterocycles. The average Bonchev–Trinajstić information content (AvgIpc) is 3.22. The van der Waals surface area contributed by atoms with Gasteiger partial charge in [0.15, 0.2) is 5.13 Å². The minimum Gasteiger partial charge on any atom is -0.375 e. The molecule has 2 aromatic carbocycles. The van der Waals surface area contributed by atoms with E-state index in [1.807, 2.05) is 24.3 Å². The number of thiazole rings is 1. The standard InChI is InChI=1S/C27H34N4OS.ClH/c1-2-13-31(23-9-10-24-25(17-23)33-27(28)29-24)18-19-11-14-30(15-12-19)26(32)22-8-7-20-5-3-4-6-21(20)16-22;/h3-8,16,19,23H,2,9-15,17-18H2,1H3,(H2,28,29);1H/t23-;/m0./s1. The molecule has 0 saturated carbocycles. The normalized spacial score (nSPS) is 18.6. The van der Waals surface area contributed by atoms with Gasteiger partial charge in [-0.3, -0.25) is 9.69 Å². The van der Waals surface area contributed by atoms with Crippen LogP contribution in [0.3, 0.4) is 0 Å². The molecule has 1 aliphatic heterocycles. The molecule has 0 spiro atoms. The Morgan fingerprint density at radius 3 is 2.68 bits per heavy atom. The SMILES string of the molecule is CCCN(CC1CCN(C(=O)c2ccc3ccccc3c2)CC1)[C@H]1CCc2nc(N)sc2C1.Cl. The number of nitrogens with zero attached hydrogens (tertiary/aromatic N) is 3. The maximum absolute atomic E-state index is 13.1. The second-order valence-electron chi connectivity index (χ2n) is 9.61. The van der Waals surface area contributed by atoms with Gasteiger partial charge in [0.1, 0.15) is 0 Å². The number of fused-ring (bicyclic) bond motifs is 2. The molecule has 0 bridgehead atoms. The van der Waals surface area contributed by atoms with Gasteiger partial charge in [0.05, 0.1) is 5.69 Å². The summed E-state index contributed by atoms with van der Waals surface area (Å²) in [6, 6.07) is 14.9. The van der Waals surface area contributed by atoms with Crippen LogP contribution in [0.4, 0.5) is 5.13 Å². The third-order valence-corrected chi connectivity index (χ3v) is 8.30. The molecule has 5 nitrogen and oxygen atoms in total. The number of likely N-dealkylation sites (tertiary alicyclic amines) is 1. The van der Waals surface area contributed by atoms with Crippen molar-refractivity contribution >= 4 is 45.6 Å². The number of rotatable bonds is 6. The highest BCUT2D eigenvalue weighted by molar-refractivity contribution is 7.15. The van der Waals surface area contributed by atoms with Crippen LogP contribution in [-0.2, 0) is 12.8 Å². The second-order valence-corrected chi connectivity index (χ2v) is 10.7. The Balaban J connectivity index is 0.00000274. The monoisotopic (exact) mass is 498 g/mol. The Hall–Kier alpha value is -2.15. The number of carbonyl (C=O) groups is 1. The highest BCUT2D eigenvalue weighted by atomic mass is 35.5. The lowest BCUT2D eigenvalue weighted by Gasteiger charge is -2.39. The molecule has 3 aromatic rings. The Bertz CT molecular complexity index is 1120. The van der Waals surface area contributed by atoms with Gasteiger partial charge < -0.3 is 10.6 Å². The number of halogens is 1. The van der Waals surface area contributed by atoms with Gasteiger partial charge in [-0.25, -0.2) is 4.98 Å². The van der Waals surface area contributed by atoms with E-state index < -0.39 is 0 Å². The first-order valence-corrected chi connectivity index (χ1v) is 13.2. The topological polar surface area (TPSA) is 62.5 Å². The van der Waals surface area contributed by atoms with E-state index in [1.165, 1.54) is 28.8 Å². The summed E-state index contributed by atoms with van der Waals surface area (Å²) < 4.78 is 0. The van der Waals surface area contributed by atoms with E-state index >= 15 is 0 Å². The van der Waals surface area contributed by atoms with Gasteiger partial charge >= 0.3 is 0 Å². The van der Waals surface area contributed by atoms with Crippen molar-refractivity contribution in [1.82, 2.24) is 14.8 Å². The maximum atomic E-state index is 13.1. The van der Waals surface area contributed by atoms with Gasteiger partial charge in [-0.2, -0.15) is 0 Å². The molecule has 1 atom stereocenters. The third-order valence-electron chi connectivity index (χ3n) is 7.35.